The first-order valence-electron chi connectivity index (χ1n) is 14.3. The standard InChI is InChI=1S/C32H32N2O8S3.2Na/c35-44(36,37)19-6-4-17-41-30-22-28(25-15-13-24(14-16-25)26-11-8-12-29-32(26)34-43-33-29)31(42-18-5-7-20-45(38,39)40)21-27(30)23-9-2-1-3-10-23;;/h1-3,8-16,21-22H,4-7,17-20H2,(H,35,36,37)(H,38,39,40);;/q;2*+1/p-2. The number of fused-ring (bicyclic) bond motifs is 1. The molecule has 0 aliphatic rings. The summed E-state index contributed by atoms with van der Waals surface area (Å²) in [4.78, 5) is 0. The molecule has 0 radical (unpaired) electrons. The van der Waals surface area contributed by atoms with Crippen molar-refractivity contribution in [1.29, 1.82) is 0 Å². The minimum absolute atomic E-state index is 0. The molecule has 0 N–H and O–H groups in total. The van der Waals surface area contributed by atoms with E-state index in [1.807, 2.05) is 84.9 Å². The van der Waals surface area contributed by atoms with Crippen LogP contribution in [-0.2, 0) is 20.2 Å². The average molecular weight is 713 g/mol. The number of hydrogen-bond acceptors (Lipinski definition) is 11. The van der Waals surface area contributed by atoms with Crippen LogP contribution in [-0.4, -0.2) is 59.4 Å². The Kier molecular flexibility index (Phi) is 15.3. The van der Waals surface area contributed by atoms with Gasteiger partial charge in [0.2, 0.25) is 0 Å². The number of hydrogen-bond donors (Lipinski definition) is 0. The van der Waals surface area contributed by atoms with Crippen LogP contribution in [0.3, 0.4) is 0 Å². The number of ether oxygens (including phenoxy) is 2. The Morgan fingerprint density at radius 1 is 0.574 bits per heavy atom. The second kappa shape index (κ2) is 18.2. The van der Waals surface area contributed by atoms with Gasteiger partial charge in [0.25, 0.3) is 0 Å². The van der Waals surface area contributed by atoms with Gasteiger partial charge in [-0.2, -0.15) is 8.75 Å². The molecule has 0 fully saturated rings. The Morgan fingerprint density at radius 3 is 1.57 bits per heavy atom. The molecule has 1 heterocycles. The monoisotopic (exact) mass is 712 g/mol. The molecule has 15 heteroatoms. The summed E-state index contributed by atoms with van der Waals surface area (Å²) in [6.07, 6.45) is 1.10. The summed E-state index contributed by atoms with van der Waals surface area (Å²) in [5, 5.41) is 0. The van der Waals surface area contributed by atoms with Crippen LogP contribution in [0.4, 0.5) is 0 Å². The van der Waals surface area contributed by atoms with E-state index in [1.54, 1.807) is 0 Å². The Labute approximate surface area is 323 Å². The van der Waals surface area contributed by atoms with Gasteiger partial charge in [-0.25, -0.2) is 16.8 Å². The summed E-state index contributed by atoms with van der Waals surface area (Å²) < 4.78 is 87.3. The Morgan fingerprint density at radius 2 is 1.06 bits per heavy atom. The van der Waals surface area contributed by atoms with Crippen molar-refractivity contribution < 1.29 is 94.5 Å². The molecule has 4 aromatic carbocycles. The van der Waals surface area contributed by atoms with Crippen molar-refractivity contribution in [1.82, 2.24) is 8.75 Å². The third-order valence-corrected chi connectivity index (χ3v) is 9.17. The predicted molar refractivity (Wildman–Crippen MR) is 172 cm³/mol. The number of benzene rings is 4. The molecule has 0 bridgehead atoms. The van der Waals surface area contributed by atoms with E-state index < -0.39 is 31.7 Å². The molecule has 0 aliphatic heterocycles. The maximum absolute atomic E-state index is 11.0. The molecule has 0 aliphatic carbocycles. The average Bonchev–Trinajstić information content (AvgIpc) is 3.50. The van der Waals surface area contributed by atoms with Crippen LogP contribution >= 0.6 is 11.7 Å². The molecular formula is C32H30N2Na2O8S3. The quantitative estimate of drug-likeness (QED) is 0.0829. The fourth-order valence-corrected chi connectivity index (χ4v) is 6.53. The smallest absolute Gasteiger partial charge is 0.748 e. The zero-order valence-electron chi connectivity index (χ0n) is 26.1. The molecule has 5 rings (SSSR count). The summed E-state index contributed by atoms with van der Waals surface area (Å²) in [7, 11) is -8.61. The van der Waals surface area contributed by atoms with Crippen LogP contribution in [0.15, 0.2) is 84.9 Å². The van der Waals surface area contributed by atoms with Crippen LogP contribution in [0.1, 0.15) is 25.7 Å². The SMILES string of the molecule is O=S(=O)([O-])CCCCOc1cc(-c2ccc(-c3cccc4nsnc34)cc2)c(OCCCCS(=O)(=O)[O-])cc1-c1ccccc1.[Na+].[Na+]. The molecule has 0 unspecified atom stereocenters. The second-order valence-electron chi connectivity index (χ2n) is 10.4. The summed E-state index contributed by atoms with van der Waals surface area (Å²) >= 11 is 1.16. The number of nitrogens with zero attached hydrogens (tertiary/aromatic N) is 2. The Hall–Kier alpha value is -1.88. The van der Waals surface area contributed by atoms with E-state index in [0.717, 1.165) is 56.1 Å². The van der Waals surface area contributed by atoms with Crippen molar-refractivity contribution in [3.63, 3.8) is 0 Å². The Bertz CT molecular complexity index is 1970. The molecular weight excluding hydrogens is 683 g/mol. The molecule has 0 atom stereocenters. The summed E-state index contributed by atoms with van der Waals surface area (Å²) in [5.74, 6) is 0.183. The van der Waals surface area contributed by atoms with E-state index in [9.17, 15) is 25.9 Å². The molecule has 0 saturated heterocycles. The van der Waals surface area contributed by atoms with Gasteiger partial charge in [0.1, 0.15) is 22.5 Å². The molecule has 47 heavy (non-hydrogen) atoms. The summed E-state index contributed by atoms with van der Waals surface area (Å²) in [6.45, 7) is 0.390. The van der Waals surface area contributed by atoms with Gasteiger partial charge < -0.3 is 18.6 Å². The van der Waals surface area contributed by atoms with Gasteiger partial charge >= 0.3 is 59.1 Å². The minimum Gasteiger partial charge on any atom is -0.748 e. The third kappa shape index (κ3) is 11.6. The molecule has 236 valence electrons. The van der Waals surface area contributed by atoms with Gasteiger partial charge in [-0.3, -0.25) is 0 Å². The van der Waals surface area contributed by atoms with Crippen molar-refractivity contribution >= 4 is 43.0 Å². The number of unbranched alkanes of at least 4 members (excludes halogenated alkanes) is 2. The van der Waals surface area contributed by atoms with Crippen LogP contribution < -0.4 is 68.6 Å². The second-order valence-corrected chi connectivity index (χ2v) is 13.9. The number of rotatable bonds is 15. The first-order valence-corrected chi connectivity index (χ1v) is 18.1. The Balaban J connectivity index is 0.00000300. The van der Waals surface area contributed by atoms with Gasteiger partial charge in [0.15, 0.2) is 0 Å². The van der Waals surface area contributed by atoms with Crippen molar-refractivity contribution in [3.05, 3.63) is 84.9 Å². The maximum Gasteiger partial charge on any atom is 1.00 e. The topological polar surface area (TPSA) is 159 Å². The molecule has 5 aromatic rings. The van der Waals surface area contributed by atoms with Crippen LogP contribution in [0.25, 0.3) is 44.4 Å². The van der Waals surface area contributed by atoms with Gasteiger partial charge in [-0.15, -0.1) is 0 Å². The fourth-order valence-electron chi connectivity index (χ4n) is 4.86. The van der Waals surface area contributed by atoms with Crippen molar-refractivity contribution in [3.8, 4) is 44.9 Å². The molecule has 0 amide bonds. The van der Waals surface area contributed by atoms with E-state index in [0.29, 0.717) is 24.3 Å². The van der Waals surface area contributed by atoms with Crippen LogP contribution in [0.5, 0.6) is 11.5 Å². The van der Waals surface area contributed by atoms with Crippen LogP contribution in [0.2, 0.25) is 0 Å². The largest absolute Gasteiger partial charge is 1.00 e. The van der Waals surface area contributed by atoms with Crippen molar-refractivity contribution in [2.24, 2.45) is 0 Å². The van der Waals surface area contributed by atoms with Gasteiger partial charge in [-0.05, 0) is 60.6 Å². The molecule has 10 nitrogen and oxygen atoms in total. The summed E-state index contributed by atoms with van der Waals surface area (Å²) in [6, 6.07) is 27.0. The van der Waals surface area contributed by atoms with Crippen LogP contribution in [0, 0.1) is 0 Å². The van der Waals surface area contributed by atoms with E-state index in [2.05, 4.69) is 8.75 Å². The number of aromatic nitrogens is 2. The zero-order chi connectivity index (χ0) is 31.9. The van der Waals surface area contributed by atoms with E-state index in [-0.39, 0.29) is 85.2 Å². The fraction of sp³-hybridized carbons (Fsp3) is 0.250. The first-order chi connectivity index (χ1) is 21.6. The van der Waals surface area contributed by atoms with E-state index in [1.165, 1.54) is 0 Å². The first kappa shape index (κ1) is 39.6. The molecule has 0 saturated carbocycles. The van der Waals surface area contributed by atoms with Gasteiger partial charge in [-0.1, -0.05) is 66.7 Å². The van der Waals surface area contributed by atoms with Crippen molar-refractivity contribution in [2.75, 3.05) is 24.7 Å². The van der Waals surface area contributed by atoms with Crippen molar-refractivity contribution in [2.45, 2.75) is 25.7 Å². The normalized spacial score (nSPS) is 11.4. The molecule has 0 spiro atoms. The predicted octanol–water partition coefficient (Wildman–Crippen LogP) is 0.109. The zero-order valence-corrected chi connectivity index (χ0v) is 32.6. The van der Waals surface area contributed by atoms with E-state index >= 15 is 0 Å². The molecule has 1 aromatic heterocycles. The minimum atomic E-state index is -4.31. The van der Waals surface area contributed by atoms with Gasteiger partial charge in [0, 0.05) is 28.2 Å². The summed E-state index contributed by atoms with van der Waals surface area (Å²) in [5.41, 5.74) is 6.74. The maximum atomic E-state index is 11.0. The third-order valence-electron chi connectivity index (χ3n) is 7.05. The van der Waals surface area contributed by atoms with E-state index in [4.69, 9.17) is 9.47 Å². The van der Waals surface area contributed by atoms with Gasteiger partial charge in [0.05, 0.1) is 45.2 Å².